The van der Waals surface area contributed by atoms with Gasteiger partial charge in [0.25, 0.3) is 0 Å². The van der Waals surface area contributed by atoms with Crippen LogP contribution in [0.3, 0.4) is 0 Å². The maximum Gasteiger partial charge on any atom is 0.0508 e. The van der Waals surface area contributed by atoms with Crippen molar-refractivity contribution in [2.45, 2.75) is 31.7 Å². The van der Waals surface area contributed by atoms with Crippen molar-refractivity contribution in [2.24, 2.45) is 5.73 Å². The highest BCUT2D eigenvalue weighted by atomic mass is 35.5. The van der Waals surface area contributed by atoms with Crippen LogP contribution in [0.25, 0.3) is 0 Å². The second kappa shape index (κ2) is 6.12. The normalized spacial score (nSPS) is 25.1. The summed E-state index contributed by atoms with van der Waals surface area (Å²) in [6, 6.07) is 6.15. The van der Waals surface area contributed by atoms with Gasteiger partial charge < -0.3 is 16.0 Å². The topological polar surface area (TPSA) is 41.3 Å². The van der Waals surface area contributed by atoms with E-state index >= 15 is 0 Å². The van der Waals surface area contributed by atoms with Crippen LogP contribution in [0.15, 0.2) is 18.2 Å². The predicted octanol–water partition coefficient (Wildman–Crippen LogP) is 2.87. The number of nitrogens with one attached hydrogen (secondary N) is 1. The summed E-state index contributed by atoms with van der Waals surface area (Å²) in [7, 11) is 2.18. The lowest BCUT2D eigenvalue weighted by Crippen LogP contribution is -2.46. The fourth-order valence-electron chi connectivity index (χ4n) is 2.69. The molecule has 0 bridgehead atoms. The molecule has 0 radical (unpaired) electrons. The molecule has 4 heteroatoms. The molecule has 3 nitrogen and oxygen atoms in total. The molecule has 19 heavy (non-hydrogen) atoms. The Labute approximate surface area is 121 Å². The number of hydrogen-bond acceptors (Lipinski definition) is 3. The van der Waals surface area contributed by atoms with Crippen LogP contribution in [0, 0.1) is 6.92 Å². The molecule has 1 saturated heterocycles. The van der Waals surface area contributed by atoms with Gasteiger partial charge in [-0.1, -0.05) is 17.7 Å². The summed E-state index contributed by atoms with van der Waals surface area (Å²) in [6.45, 7) is 4.92. The van der Waals surface area contributed by atoms with Crippen LogP contribution in [0.1, 0.15) is 24.8 Å². The summed E-state index contributed by atoms with van der Waals surface area (Å²) in [5, 5.41) is 4.44. The lowest BCUT2D eigenvalue weighted by Gasteiger charge is -2.34. The van der Waals surface area contributed by atoms with Gasteiger partial charge in [0, 0.05) is 23.8 Å². The molecule has 2 rings (SSSR count). The van der Waals surface area contributed by atoms with E-state index in [2.05, 4.69) is 29.4 Å². The number of benzene rings is 1. The Morgan fingerprint density at radius 1 is 1.37 bits per heavy atom. The highest BCUT2D eigenvalue weighted by molar-refractivity contribution is 6.31. The third kappa shape index (κ3) is 3.62. The van der Waals surface area contributed by atoms with Crippen molar-refractivity contribution < 1.29 is 0 Å². The maximum absolute atomic E-state index is 6.20. The zero-order chi connectivity index (χ0) is 13.9. The highest BCUT2D eigenvalue weighted by Gasteiger charge is 2.30. The minimum Gasteiger partial charge on any atom is -0.378 e. The van der Waals surface area contributed by atoms with Gasteiger partial charge in [0.05, 0.1) is 5.54 Å². The number of hydrogen-bond donors (Lipinski definition) is 2. The van der Waals surface area contributed by atoms with Crippen LogP contribution in [0.4, 0.5) is 5.69 Å². The van der Waals surface area contributed by atoms with Crippen LogP contribution in [0.5, 0.6) is 0 Å². The smallest absolute Gasteiger partial charge is 0.0508 e. The van der Waals surface area contributed by atoms with E-state index in [9.17, 15) is 0 Å². The Balaban J connectivity index is 2.15. The molecule has 1 heterocycles. The molecule has 1 aromatic rings. The van der Waals surface area contributed by atoms with Gasteiger partial charge in [-0.25, -0.2) is 0 Å². The van der Waals surface area contributed by atoms with Gasteiger partial charge >= 0.3 is 0 Å². The van der Waals surface area contributed by atoms with Gasteiger partial charge in [-0.05, 0) is 57.5 Å². The molecule has 1 unspecified atom stereocenters. The van der Waals surface area contributed by atoms with Gasteiger partial charge in [-0.15, -0.1) is 0 Å². The van der Waals surface area contributed by atoms with Crippen LogP contribution in [-0.4, -0.2) is 37.1 Å². The number of nitrogens with two attached hydrogens (primary N) is 1. The molecule has 1 aliphatic heterocycles. The third-order valence-corrected chi connectivity index (χ3v) is 4.55. The molecule has 1 atom stereocenters. The zero-order valence-corrected chi connectivity index (χ0v) is 12.6. The number of anilines is 1. The predicted molar refractivity (Wildman–Crippen MR) is 82.9 cm³/mol. The number of halogens is 1. The Morgan fingerprint density at radius 3 is 2.84 bits per heavy atom. The van der Waals surface area contributed by atoms with Crippen molar-refractivity contribution in [3.05, 3.63) is 28.8 Å². The highest BCUT2D eigenvalue weighted by Crippen LogP contribution is 2.28. The summed E-state index contributed by atoms with van der Waals surface area (Å²) in [4.78, 5) is 2.38. The third-order valence-electron chi connectivity index (χ3n) is 4.14. The average Bonchev–Trinajstić information content (AvgIpc) is 2.57. The Morgan fingerprint density at radius 2 is 2.16 bits per heavy atom. The second-order valence-electron chi connectivity index (χ2n) is 5.73. The number of likely N-dealkylation sites (tertiary alicyclic amines) is 1. The van der Waals surface area contributed by atoms with Crippen molar-refractivity contribution in [3.8, 4) is 0 Å². The molecule has 0 amide bonds. The number of nitrogens with zero attached hydrogens (tertiary/aromatic N) is 1. The van der Waals surface area contributed by atoms with E-state index in [1.807, 2.05) is 13.0 Å². The molecule has 0 saturated carbocycles. The molecule has 0 aromatic heterocycles. The summed E-state index contributed by atoms with van der Waals surface area (Å²) >= 11 is 6.20. The van der Waals surface area contributed by atoms with Gasteiger partial charge in [0.1, 0.15) is 0 Å². The van der Waals surface area contributed by atoms with Crippen LogP contribution >= 0.6 is 11.6 Å². The average molecular weight is 282 g/mol. The summed E-state index contributed by atoms with van der Waals surface area (Å²) in [5.74, 6) is 0. The van der Waals surface area contributed by atoms with Crippen molar-refractivity contribution in [2.75, 3.05) is 32.0 Å². The fraction of sp³-hybridized carbons (Fsp3) is 0.600. The van der Waals surface area contributed by atoms with E-state index < -0.39 is 0 Å². The van der Waals surface area contributed by atoms with Crippen LogP contribution in [0.2, 0.25) is 5.02 Å². The fourth-order valence-corrected chi connectivity index (χ4v) is 2.87. The monoisotopic (exact) mass is 281 g/mol. The van der Waals surface area contributed by atoms with Gasteiger partial charge in [-0.3, -0.25) is 0 Å². The standard InChI is InChI=1S/C15H24ClN3/c1-12-4-5-13(10-14(12)16)18-15(11-17)6-3-8-19(2)9-7-15/h4-5,10,18H,3,6-9,11,17H2,1-2H3. The first-order chi connectivity index (χ1) is 9.04. The molecular formula is C15H24ClN3. The second-order valence-corrected chi connectivity index (χ2v) is 6.14. The molecule has 3 N–H and O–H groups in total. The van der Waals surface area contributed by atoms with Crippen LogP contribution < -0.4 is 11.1 Å². The number of rotatable bonds is 3. The van der Waals surface area contributed by atoms with E-state index in [1.165, 1.54) is 6.42 Å². The Bertz CT molecular complexity index is 435. The van der Waals surface area contributed by atoms with E-state index in [4.69, 9.17) is 17.3 Å². The summed E-state index contributed by atoms with van der Waals surface area (Å²) in [6.07, 6.45) is 3.37. The van der Waals surface area contributed by atoms with Crippen molar-refractivity contribution in [1.29, 1.82) is 0 Å². The summed E-state index contributed by atoms with van der Waals surface area (Å²) < 4.78 is 0. The minimum atomic E-state index is 0.00332. The zero-order valence-electron chi connectivity index (χ0n) is 11.9. The van der Waals surface area contributed by atoms with Gasteiger partial charge in [-0.2, -0.15) is 0 Å². The number of aryl methyl sites for hydroxylation is 1. The van der Waals surface area contributed by atoms with Crippen molar-refractivity contribution in [1.82, 2.24) is 4.90 Å². The lowest BCUT2D eigenvalue weighted by atomic mass is 9.90. The quantitative estimate of drug-likeness (QED) is 0.895. The maximum atomic E-state index is 6.20. The molecular weight excluding hydrogens is 258 g/mol. The first-order valence-electron chi connectivity index (χ1n) is 6.98. The molecule has 106 valence electrons. The van der Waals surface area contributed by atoms with E-state index in [1.54, 1.807) is 0 Å². The van der Waals surface area contributed by atoms with Gasteiger partial charge in [0.15, 0.2) is 0 Å². The van der Waals surface area contributed by atoms with Crippen LogP contribution in [-0.2, 0) is 0 Å². The van der Waals surface area contributed by atoms with E-state index in [0.717, 1.165) is 42.2 Å². The Kier molecular flexibility index (Phi) is 4.71. The minimum absolute atomic E-state index is 0.00332. The first kappa shape index (κ1) is 14.6. The summed E-state index contributed by atoms with van der Waals surface area (Å²) in [5.41, 5.74) is 8.24. The van der Waals surface area contributed by atoms with Crippen molar-refractivity contribution in [3.63, 3.8) is 0 Å². The van der Waals surface area contributed by atoms with E-state index in [0.29, 0.717) is 6.54 Å². The molecule has 1 fully saturated rings. The van der Waals surface area contributed by atoms with E-state index in [-0.39, 0.29) is 5.54 Å². The Hall–Kier alpha value is -0.770. The van der Waals surface area contributed by atoms with Gasteiger partial charge in [0.2, 0.25) is 0 Å². The molecule has 0 aliphatic carbocycles. The first-order valence-corrected chi connectivity index (χ1v) is 7.35. The largest absolute Gasteiger partial charge is 0.378 e. The molecule has 1 aromatic carbocycles. The SMILES string of the molecule is Cc1ccc(NC2(CN)CCCN(C)CC2)cc1Cl. The van der Waals surface area contributed by atoms with Crippen molar-refractivity contribution >= 4 is 17.3 Å². The molecule has 0 spiro atoms. The lowest BCUT2D eigenvalue weighted by molar-refractivity contribution is 0.337. The molecule has 1 aliphatic rings.